The van der Waals surface area contributed by atoms with Crippen LogP contribution in [-0.2, 0) is 17.6 Å². The molecule has 0 radical (unpaired) electrons. The number of anilines is 1. The van der Waals surface area contributed by atoms with Crippen molar-refractivity contribution in [3.8, 4) is 11.5 Å². The molecule has 2 N–H and O–H groups in total. The number of ether oxygens (including phenoxy) is 3. The van der Waals surface area contributed by atoms with Gasteiger partial charge in [0.15, 0.2) is 11.5 Å². The molecule has 2 amide bonds. The number of hydrogen-bond donors (Lipinski definition) is 2. The Bertz CT molecular complexity index is 1100. The SMILES string of the molecule is COC(=O)c1ccccc1NC(=O)N[C@H](Cc1ccccc1)Cc1ccc2c(c1)OCO2. The van der Waals surface area contributed by atoms with Gasteiger partial charge in [-0.1, -0.05) is 48.5 Å². The van der Waals surface area contributed by atoms with E-state index in [9.17, 15) is 9.59 Å². The quantitative estimate of drug-likeness (QED) is 0.547. The maximum atomic E-state index is 12.8. The molecule has 0 saturated heterocycles. The molecule has 1 aliphatic rings. The maximum absolute atomic E-state index is 12.8. The normalized spacial score (nSPS) is 12.7. The van der Waals surface area contributed by atoms with Crippen molar-refractivity contribution in [2.45, 2.75) is 18.9 Å². The second-order valence-corrected chi connectivity index (χ2v) is 7.41. The highest BCUT2D eigenvalue weighted by Gasteiger charge is 2.19. The van der Waals surface area contributed by atoms with Crippen molar-refractivity contribution in [2.24, 2.45) is 0 Å². The minimum absolute atomic E-state index is 0.192. The summed E-state index contributed by atoms with van der Waals surface area (Å²) in [5.74, 6) is 0.915. The maximum Gasteiger partial charge on any atom is 0.339 e. The van der Waals surface area contributed by atoms with Gasteiger partial charge < -0.3 is 24.8 Å². The average molecular weight is 432 g/mol. The lowest BCUT2D eigenvalue weighted by Crippen LogP contribution is -2.41. The second-order valence-electron chi connectivity index (χ2n) is 7.41. The highest BCUT2D eigenvalue weighted by molar-refractivity contribution is 6.00. The Kier molecular flexibility index (Phi) is 6.55. The van der Waals surface area contributed by atoms with Crippen molar-refractivity contribution >= 4 is 17.7 Å². The fraction of sp³-hybridized carbons (Fsp3) is 0.200. The molecule has 0 aromatic heterocycles. The largest absolute Gasteiger partial charge is 0.465 e. The van der Waals surface area contributed by atoms with E-state index in [4.69, 9.17) is 14.2 Å². The smallest absolute Gasteiger partial charge is 0.339 e. The minimum Gasteiger partial charge on any atom is -0.465 e. The van der Waals surface area contributed by atoms with E-state index < -0.39 is 12.0 Å². The Labute approximate surface area is 186 Å². The second kappa shape index (κ2) is 9.87. The molecule has 1 aliphatic heterocycles. The summed E-state index contributed by atoms with van der Waals surface area (Å²) in [4.78, 5) is 24.8. The van der Waals surface area contributed by atoms with Gasteiger partial charge in [0.25, 0.3) is 0 Å². The molecule has 0 fully saturated rings. The van der Waals surface area contributed by atoms with Crippen molar-refractivity contribution in [2.75, 3.05) is 19.2 Å². The molecular formula is C25H24N2O5. The molecule has 0 saturated carbocycles. The van der Waals surface area contributed by atoms with Gasteiger partial charge >= 0.3 is 12.0 Å². The Hall–Kier alpha value is -4.00. The summed E-state index contributed by atoms with van der Waals surface area (Å²) in [5.41, 5.74) is 2.80. The summed E-state index contributed by atoms with van der Waals surface area (Å²) < 4.78 is 15.7. The van der Waals surface area contributed by atoms with Crippen molar-refractivity contribution < 1.29 is 23.8 Å². The molecule has 0 bridgehead atoms. The minimum atomic E-state index is -0.512. The molecule has 4 rings (SSSR count). The third kappa shape index (κ3) is 5.18. The monoisotopic (exact) mass is 432 g/mol. The lowest BCUT2D eigenvalue weighted by Gasteiger charge is -2.20. The van der Waals surface area contributed by atoms with E-state index in [2.05, 4.69) is 10.6 Å². The van der Waals surface area contributed by atoms with E-state index in [0.29, 0.717) is 29.8 Å². The standard InChI is InChI=1S/C25H24N2O5/c1-30-24(28)20-9-5-6-10-21(20)27-25(29)26-19(13-17-7-3-2-4-8-17)14-18-11-12-22-23(15-18)32-16-31-22/h2-12,15,19H,13-14,16H2,1H3,(H2,26,27,29)/t19-/m1/s1. The molecule has 7 nitrogen and oxygen atoms in total. The van der Waals surface area contributed by atoms with Crippen LogP contribution in [0.25, 0.3) is 0 Å². The summed E-state index contributed by atoms with van der Waals surface area (Å²) in [6, 6.07) is 21.9. The number of hydrogen-bond acceptors (Lipinski definition) is 5. The first-order chi connectivity index (χ1) is 15.6. The third-order valence-corrected chi connectivity index (χ3v) is 5.16. The Morgan fingerprint density at radius 3 is 2.44 bits per heavy atom. The first-order valence-electron chi connectivity index (χ1n) is 10.3. The molecule has 0 aliphatic carbocycles. The number of methoxy groups -OCH3 is 1. The third-order valence-electron chi connectivity index (χ3n) is 5.16. The van der Waals surface area contributed by atoms with Crippen LogP contribution in [0.2, 0.25) is 0 Å². The van der Waals surface area contributed by atoms with Crippen molar-refractivity contribution in [3.63, 3.8) is 0 Å². The van der Waals surface area contributed by atoms with Crippen LogP contribution in [0.15, 0.2) is 72.8 Å². The zero-order valence-electron chi connectivity index (χ0n) is 17.7. The van der Waals surface area contributed by atoms with Crippen LogP contribution in [0.4, 0.5) is 10.5 Å². The topological polar surface area (TPSA) is 85.9 Å². The number of carbonyl (C=O) groups is 2. The lowest BCUT2D eigenvalue weighted by molar-refractivity contribution is 0.0602. The van der Waals surface area contributed by atoms with Crippen molar-refractivity contribution in [1.82, 2.24) is 5.32 Å². The number of esters is 1. The number of amides is 2. The van der Waals surface area contributed by atoms with Gasteiger partial charge in [0, 0.05) is 6.04 Å². The number of benzene rings is 3. The van der Waals surface area contributed by atoms with E-state index >= 15 is 0 Å². The number of fused-ring (bicyclic) bond motifs is 1. The van der Waals surface area contributed by atoms with E-state index in [1.807, 2.05) is 48.5 Å². The predicted molar refractivity (Wildman–Crippen MR) is 120 cm³/mol. The molecule has 1 heterocycles. The van der Waals surface area contributed by atoms with Crippen molar-refractivity contribution in [1.29, 1.82) is 0 Å². The van der Waals surface area contributed by atoms with Gasteiger partial charge in [-0.15, -0.1) is 0 Å². The van der Waals surface area contributed by atoms with E-state index in [0.717, 1.165) is 16.9 Å². The Balaban J connectivity index is 1.50. The number of carbonyl (C=O) groups excluding carboxylic acids is 2. The van der Waals surface area contributed by atoms with E-state index in [-0.39, 0.29) is 12.8 Å². The summed E-state index contributed by atoms with van der Waals surface area (Å²) in [6.07, 6.45) is 1.24. The fourth-order valence-corrected chi connectivity index (χ4v) is 3.65. The van der Waals surface area contributed by atoms with Crippen LogP contribution in [-0.4, -0.2) is 31.9 Å². The molecular weight excluding hydrogens is 408 g/mol. The van der Waals surface area contributed by atoms with Crippen LogP contribution in [0.5, 0.6) is 11.5 Å². The molecule has 1 atom stereocenters. The van der Waals surface area contributed by atoms with Crippen LogP contribution in [0, 0.1) is 0 Å². The summed E-state index contributed by atoms with van der Waals surface area (Å²) >= 11 is 0. The number of nitrogens with one attached hydrogen (secondary N) is 2. The van der Waals surface area contributed by atoms with Crippen LogP contribution in [0.1, 0.15) is 21.5 Å². The zero-order chi connectivity index (χ0) is 22.3. The molecule has 3 aromatic rings. The van der Waals surface area contributed by atoms with E-state index in [1.54, 1.807) is 24.3 Å². The van der Waals surface area contributed by atoms with Gasteiger partial charge in [-0.05, 0) is 48.2 Å². The predicted octanol–water partition coefficient (Wildman–Crippen LogP) is 4.18. The molecule has 0 spiro atoms. The van der Waals surface area contributed by atoms with Gasteiger partial charge in [0.05, 0.1) is 18.4 Å². The Morgan fingerprint density at radius 1 is 0.906 bits per heavy atom. The van der Waals surface area contributed by atoms with Gasteiger partial charge in [-0.25, -0.2) is 9.59 Å². The number of para-hydroxylation sites is 1. The van der Waals surface area contributed by atoms with Gasteiger partial charge in [-0.2, -0.15) is 0 Å². The summed E-state index contributed by atoms with van der Waals surface area (Å²) in [7, 11) is 1.31. The zero-order valence-corrected chi connectivity index (χ0v) is 17.7. The number of urea groups is 1. The summed E-state index contributed by atoms with van der Waals surface area (Å²) in [5, 5.41) is 5.81. The first-order valence-corrected chi connectivity index (χ1v) is 10.3. The van der Waals surface area contributed by atoms with Gasteiger partial charge in [0.2, 0.25) is 6.79 Å². The average Bonchev–Trinajstić information content (AvgIpc) is 3.27. The highest BCUT2D eigenvalue weighted by atomic mass is 16.7. The van der Waals surface area contributed by atoms with Gasteiger partial charge in [0.1, 0.15) is 0 Å². The first kappa shape index (κ1) is 21.2. The van der Waals surface area contributed by atoms with Crippen LogP contribution in [0.3, 0.4) is 0 Å². The Morgan fingerprint density at radius 2 is 1.62 bits per heavy atom. The molecule has 7 heteroatoms. The molecule has 32 heavy (non-hydrogen) atoms. The van der Waals surface area contributed by atoms with Gasteiger partial charge in [-0.3, -0.25) is 0 Å². The van der Waals surface area contributed by atoms with Crippen molar-refractivity contribution in [3.05, 3.63) is 89.5 Å². The lowest BCUT2D eigenvalue weighted by atomic mass is 9.98. The van der Waals surface area contributed by atoms with Crippen LogP contribution >= 0.6 is 0 Å². The number of rotatable bonds is 7. The van der Waals surface area contributed by atoms with Crippen LogP contribution < -0.4 is 20.1 Å². The fourth-order valence-electron chi connectivity index (χ4n) is 3.65. The van der Waals surface area contributed by atoms with E-state index in [1.165, 1.54) is 7.11 Å². The molecule has 164 valence electrons. The summed E-state index contributed by atoms with van der Waals surface area (Å²) in [6.45, 7) is 0.215. The highest BCUT2D eigenvalue weighted by Crippen LogP contribution is 2.33. The molecule has 0 unspecified atom stereocenters. The molecule has 3 aromatic carbocycles.